The van der Waals surface area contributed by atoms with Crippen LogP contribution in [0.3, 0.4) is 0 Å². The highest BCUT2D eigenvalue weighted by Gasteiger charge is 2.05. The summed E-state index contributed by atoms with van der Waals surface area (Å²) >= 11 is 0. The Hall–Kier alpha value is -2.39. The van der Waals surface area contributed by atoms with Crippen LogP contribution < -0.4 is 10.7 Å². The van der Waals surface area contributed by atoms with E-state index in [1.807, 2.05) is 36.4 Å². The van der Waals surface area contributed by atoms with E-state index < -0.39 is 0 Å². The van der Waals surface area contributed by atoms with Gasteiger partial charge in [0.15, 0.2) is 0 Å². The Balaban J connectivity index is 0.000000126. The average Bonchev–Trinajstić information content (AvgIpc) is 2.81. The second-order valence-corrected chi connectivity index (χ2v) is 5.03. The molecule has 2 aromatic carbocycles. The number of hydrogen-bond acceptors (Lipinski definition) is 3. The number of hydrazone groups is 1. The molecule has 0 saturated heterocycles. The molecule has 2 aromatic rings. The first-order chi connectivity index (χ1) is 10.4. The minimum absolute atomic E-state index is 1.05. The largest absolute Gasteiger partial charge is 0.312 e. The van der Waals surface area contributed by atoms with E-state index in [0.29, 0.717) is 0 Å². The first-order valence-electron chi connectivity index (χ1n) is 7.26. The molecule has 2 N–H and O–H groups in total. The summed E-state index contributed by atoms with van der Waals surface area (Å²) in [6, 6.07) is 16.7. The zero-order valence-electron chi connectivity index (χ0n) is 11.9. The lowest BCUT2D eigenvalue weighted by Gasteiger charge is -2.15. The monoisotopic (exact) mass is 277 g/mol. The number of allylic oxidation sites excluding steroid dienone is 1. The summed E-state index contributed by atoms with van der Waals surface area (Å²) in [6.07, 6.45) is 6.87. The van der Waals surface area contributed by atoms with Crippen LogP contribution in [0.2, 0.25) is 0 Å². The maximum Gasteiger partial charge on any atom is 0.0634 e. The quantitative estimate of drug-likeness (QED) is 0.774. The van der Waals surface area contributed by atoms with Crippen molar-refractivity contribution in [2.45, 2.75) is 13.0 Å². The predicted octanol–water partition coefficient (Wildman–Crippen LogP) is 3.44. The van der Waals surface area contributed by atoms with Crippen LogP contribution in [0, 0.1) is 0 Å². The Morgan fingerprint density at radius 2 is 1.71 bits per heavy atom. The minimum atomic E-state index is 1.05. The van der Waals surface area contributed by atoms with Crippen LogP contribution in [0.25, 0.3) is 6.08 Å². The van der Waals surface area contributed by atoms with Crippen LogP contribution in [0.5, 0.6) is 0 Å². The molecule has 3 heteroatoms. The van der Waals surface area contributed by atoms with Gasteiger partial charge in [-0.1, -0.05) is 48.5 Å². The lowest BCUT2D eigenvalue weighted by molar-refractivity contribution is 0.644. The van der Waals surface area contributed by atoms with Crippen LogP contribution in [0.1, 0.15) is 16.7 Å². The number of para-hydroxylation sites is 1. The van der Waals surface area contributed by atoms with Crippen molar-refractivity contribution in [3.8, 4) is 0 Å². The third-order valence-electron chi connectivity index (χ3n) is 3.59. The van der Waals surface area contributed by atoms with Gasteiger partial charge >= 0.3 is 0 Å². The fourth-order valence-electron chi connectivity index (χ4n) is 2.46. The van der Waals surface area contributed by atoms with Crippen LogP contribution >= 0.6 is 0 Å². The van der Waals surface area contributed by atoms with Gasteiger partial charge in [0, 0.05) is 12.8 Å². The molecule has 0 amide bonds. The van der Waals surface area contributed by atoms with E-state index in [4.69, 9.17) is 0 Å². The summed E-state index contributed by atoms with van der Waals surface area (Å²) in [7, 11) is 0. The Labute approximate surface area is 125 Å². The van der Waals surface area contributed by atoms with Crippen molar-refractivity contribution in [3.63, 3.8) is 0 Å². The number of benzene rings is 2. The molecule has 0 radical (unpaired) electrons. The third-order valence-corrected chi connectivity index (χ3v) is 3.59. The van der Waals surface area contributed by atoms with Crippen molar-refractivity contribution in [2.75, 3.05) is 12.0 Å². The molecule has 106 valence electrons. The molecule has 0 unspecified atom stereocenters. The summed E-state index contributed by atoms with van der Waals surface area (Å²) in [5.41, 5.74) is 8.14. The standard InChI is InChI=1S/C9H8N2.C9H11N/c1-2-6-9-8(4-1)5-3-7-10-11-9;1-2-4-9-7-10-6-5-8(9)3-1/h1-7,11H;1-4,10H,5-7H2. The summed E-state index contributed by atoms with van der Waals surface area (Å²) in [4.78, 5) is 0. The molecule has 0 fully saturated rings. The topological polar surface area (TPSA) is 36.4 Å². The Bertz CT molecular complexity index is 634. The molecule has 3 nitrogen and oxygen atoms in total. The van der Waals surface area contributed by atoms with Gasteiger partial charge in [0.2, 0.25) is 0 Å². The summed E-state index contributed by atoms with van der Waals surface area (Å²) in [6.45, 7) is 2.19. The maximum absolute atomic E-state index is 3.95. The molecule has 4 rings (SSSR count). The first-order valence-corrected chi connectivity index (χ1v) is 7.26. The molecule has 0 atom stereocenters. The van der Waals surface area contributed by atoms with E-state index in [-0.39, 0.29) is 0 Å². The molecule has 0 aliphatic carbocycles. The molecular formula is C18H19N3. The predicted molar refractivity (Wildman–Crippen MR) is 89.4 cm³/mol. The van der Waals surface area contributed by atoms with Crippen molar-refractivity contribution >= 4 is 18.0 Å². The summed E-state index contributed by atoms with van der Waals surface area (Å²) in [5.74, 6) is 0. The number of rotatable bonds is 0. The van der Waals surface area contributed by atoms with E-state index in [9.17, 15) is 0 Å². The van der Waals surface area contributed by atoms with Crippen molar-refractivity contribution in [1.82, 2.24) is 5.32 Å². The zero-order valence-corrected chi connectivity index (χ0v) is 11.9. The lowest BCUT2D eigenvalue weighted by atomic mass is 10.0. The SMILES string of the molecule is C1=Cc2ccccc2NN=C1.c1ccc2c(c1)CCNC2. The highest BCUT2D eigenvalue weighted by Crippen LogP contribution is 2.17. The molecule has 2 aliphatic heterocycles. The Morgan fingerprint density at radius 3 is 2.62 bits per heavy atom. The number of anilines is 1. The third kappa shape index (κ3) is 3.58. The van der Waals surface area contributed by atoms with Gasteiger partial charge in [-0.05, 0) is 41.8 Å². The van der Waals surface area contributed by atoms with Crippen molar-refractivity contribution in [3.05, 3.63) is 71.3 Å². The van der Waals surface area contributed by atoms with Crippen molar-refractivity contribution in [2.24, 2.45) is 5.10 Å². The van der Waals surface area contributed by atoms with Gasteiger partial charge in [-0.25, -0.2) is 0 Å². The number of hydrogen-bond donors (Lipinski definition) is 2. The van der Waals surface area contributed by atoms with Gasteiger partial charge in [-0.15, -0.1) is 0 Å². The second-order valence-electron chi connectivity index (χ2n) is 5.03. The van der Waals surface area contributed by atoms with E-state index in [1.165, 1.54) is 23.1 Å². The van der Waals surface area contributed by atoms with E-state index in [1.54, 1.807) is 6.21 Å². The van der Waals surface area contributed by atoms with Crippen LogP contribution in [0.15, 0.2) is 59.7 Å². The van der Waals surface area contributed by atoms with Gasteiger partial charge in [-0.3, -0.25) is 5.43 Å². The molecule has 21 heavy (non-hydrogen) atoms. The van der Waals surface area contributed by atoms with Gasteiger partial charge in [0.1, 0.15) is 0 Å². The van der Waals surface area contributed by atoms with Gasteiger partial charge < -0.3 is 5.32 Å². The Morgan fingerprint density at radius 1 is 0.905 bits per heavy atom. The maximum atomic E-state index is 3.95. The second kappa shape index (κ2) is 6.86. The first kappa shape index (κ1) is 13.6. The number of nitrogens with one attached hydrogen (secondary N) is 2. The van der Waals surface area contributed by atoms with E-state index in [0.717, 1.165) is 18.8 Å². The normalized spacial score (nSPS) is 14.9. The lowest BCUT2D eigenvalue weighted by Crippen LogP contribution is -2.23. The zero-order chi connectivity index (χ0) is 14.3. The molecule has 0 saturated carbocycles. The van der Waals surface area contributed by atoms with Crippen LogP contribution in [-0.2, 0) is 13.0 Å². The van der Waals surface area contributed by atoms with Crippen LogP contribution in [-0.4, -0.2) is 12.8 Å². The molecule has 0 spiro atoms. The molecular weight excluding hydrogens is 258 g/mol. The fraction of sp³-hybridized carbons (Fsp3) is 0.167. The van der Waals surface area contributed by atoms with Crippen molar-refractivity contribution < 1.29 is 0 Å². The molecule has 2 heterocycles. The van der Waals surface area contributed by atoms with Gasteiger partial charge in [0.05, 0.1) is 5.69 Å². The van der Waals surface area contributed by atoms with Gasteiger partial charge in [-0.2, -0.15) is 5.10 Å². The van der Waals surface area contributed by atoms with Crippen LogP contribution in [0.4, 0.5) is 5.69 Å². The van der Waals surface area contributed by atoms with Crippen molar-refractivity contribution in [1.29, 1.82) is 0 Å². The summed E-state index contributed by atoms with van der Waals surface area (Å²) < 4.78 is 0. The van der Waals surface area contributed by atoms with E-state index in [2.05, 4.69) is 40.1 Å². The highest BCUT2D eigenvalue weighted by atomic mass is 15.3. The van der Waals surface area contributed by atoms with Gasteiger partial charge in [0.25, 0.3) is 0 Å². The molecule has 0 aromatic heterocycles. The number of fused-ring (bicyclic) bond motifs is 2. The van der Waals surface area contributed by atoms with E-state index >= 15 is 0 Å². The fourth-order valence-corrected chi connectivity index (χ4v) is 2.46. The minimum Gasteiger partial charge on any atom is -0.312 e. The highest BCUT2D eigenvalue weighted by molar-refractivity contribution is 5.83. The Kier molecular flexibility index (Phi) is 4.44. The number of nitrogens with zero attached hydrogens (tertiary/aromatic N) is 1. The summed E-state index contributed by atoms with van der Waals surface area (Å²) in [5, 5.41) is 7.29. The smallest absolute Gasteiger partial charge is 0.0634 e. The molecule has 0 bridgehead atoms. The molecule has 2 aliphatic rings. The average molecular weight is 277 g/mol.